The van der Waals surface area contributed by atoms with E-state index in [1.54, 1.807) is 0 Å². The van der Waals surface area contributed by atoms with Gasteiger partial charge >= 0.3 is 0 Å². The first-order chi connectivity index (χ1) is 9.90. The Morgan fingerprint density at radius 3 is 2.52 bits per heavy atom. The number of anilines is 1. The molecule has 3 nitrogen and oxygen atoms in total. The maximum atomic E-state index is 5.90. The molecule has 0 spiro atoms. The molecule has 0 bridgehead atoms. The van der Waals surface area contributed by atoms with Gasteiger partial charge in [-0.1, -0.05) is 39.0 Å². The fourth-order valence-corrected chi connectivity index (χ4v) is 2.13. The summed E-state index contributed by atoms with van der Waals surface area (Å²) in [6, 6.07) is 12.3. The summed E-state index contributed by atoms with van der Waals surface area (Å²) < 4.78 is 5.90. The van der Waals surface area contributed by atoms with Crippen LogP contribution >= 0.6 is 0 Å². The second kappa shape index (κ2) is 6.17. The summed E-state index contributed by atoms with van der Waals surface area (Å²) in [7, 11) is 1.86. The van der Waals surface area contributed by atoms with E-state index >= 15 is 0 Å². The molecule has 1 N–H and O–H groups in total. The first-order valence-corrected chi connectivity index (χ1v) is 7.28. The van der Waals surface area contributed by atoms with Crippen LogP contribution in [0, 0.1) is 6.92 Å². The number of hydrogen-bond acceptors (Lipinski definition) is 3. The van der Waals surface area contributed by atoms with E-state index in [1.165, 1.54) is 5.56 Å². The van der Waals surface area contributed by atoms with Crippen LogP contribution in [0.3, 0.4) is 0 Å². The zero-order valence-electron chi connectivity index (χ0n) is 13.5. The van der Waals surface area contributed by atoms with E-state index in [0.717, 1.165) is 22.8 Å². The van der Waals surface area contributed by atoms with Crippen LogP contribution in [0.15, 0.2) is 36.4 Å². The highest BCUT2D eigenvalue weighted by molar-refractivity contribution is 5.39. The van der Waals surface area contributed by atoms with Crippen LogP contribution in [0.1, 0.15) is 37.6 Å². The lowest BCUT2D eigenvalue weighted by Gasteiger charge is -2.20. The van der Waals surface area contributed by atoms with Crippen molar-refractivity contribution < 1.29 is 4.74 Å². The van der Waals surface area contributed by atoms with E-state index in [1.807, 2.05) is 25.2 Å². The molecule has 0 unspecified atom stereocenters. The van der Waals surface area contributed by atoms with Gasteiger partial charge in [-0.3, -0.25) is 0 Å². The smallest absolute Gasteiger partial charge is 0.130 e. The van der Waals surface area contributed by atoms with Gasteiger partial charge in [0.25, 0.3) is 0 Å². The van der Waals surface area contributed by atoms with E-state index in [9.17, 15) is 0 Å². The van der Waals surface area contributed by atoms with E-state index in [0.29, 0.717) is 6.61 Å². The number of aromatic nitrogens is 1. The molecule has 21 heavy (non-hydrogen) atoms. The minimum absolute atomic E-state index is 0.159. The van der Waals surface area contributed by atoms with Gasteiger partial charge in [0.05, 0.1) is 5.69 Å². The van der Waals surface area contributed by atoms with Crippen molar-refractivity contribution in [2.75, 3.05) is 12.4 Å². The van der Waals surface area contributed by atoms with Gasteiger partial charge < -0.3 is 10.1 Å². The van der Waals surface area contributed by atoms with Gasteiger partial charge in [0.15, 0.2) is 0 Å². The molecule has 0 atom stereocenters. The Hall–Kier alpha value is -2.03. The maximum absolute atomic E-state index is 5.90. The van der Waals surface area contributed by atoms with Crippen molar-refractivity contribution in [2.24, 2.45) is 0 Å². The molecule has 2 rings (SSSR count). The van der Waals surface area contributed by atoms with E-state index in [-0.39, 0.29) is 5.41 Å². The van der Waals surface area contributed by atoms with Crippen molar-refractivity contribution in [2.45, 2.75) is 39.7 Å². The number of pyridine rings is 1. The summed E-state index contributed by atoms with van der Waals surface area (Å²) in [5.74, 6) is 1.77. The summed E-state index contributed by atoms with van der Waals surface area (Å²) >= 11 is 0. The second-order valence-electron chi connectivity index (χ2n) is 6.28. The summed E-state index contributed by atoms with van der Waals surface area (Å²) in [4.78, 5) is 4.46. The normalized spacial score (nSPS) is 11.3. The molecule has 0 amide bonds. The molecule has 0 fully saturated rings. The third-order valence-electron chi connectivity index (χ3n) is 3.48. The number of hydrogen-bond donors (Lipinski definition) is 1. The van der Waals surface area contributed by atoms with Gasteiger partial charge in [-0.2, -0.15) is 0 Å². The topological polar surface area (TPSA) is 34.1 Å². The lowest BCUT2D eigenvalue weighted by atomic mass is 9.86. The predicted octanol–water partition coefficient (Wildman–Crippen LogP) is 4.31. The molecule has 3 heteroatoms. The molecule has 1 aromatic heterocycles. The Morgan fingerprint density at radius 1 is 1.14 bits per heavy atom. The molecule has 0 saturated carbocycles. The Bertz CT molecular complexity index is 615. The third kappa shape index (κ3) is 3.97. The van der Waals surface area contributed by atoms with Crippen LogP contribution in [0.25, 0.3) is 0 Å². The monoisotopic (exact) mass is 284 g/mol. The standard InChI is InChI=1S/C18H24N2O/c1-13-11-14(18(2,3)4)9-10-16(13)21-12-15-7-6-8-17(19-5)20-15/h6-11H,12H2,1-5H3,(H,19,20). The SMILES string of the molecule is CNc1cccc(COc2ccc(C(C)(C)C)cc2C)n1. The van der Waals surface area contributed by atoms with E-state index < -0.39 is 0 Å². The van der Waals surface area contributed by atoms with Crippen molar-refractivity contribution in [1.82, 2.24) is 4.98 Å². The number of aryl methyl sites for hydroxylation is 1. The average Bonchev–Trinajstić information content (AvgIpc) is 2.45. The Morgan fingerprint density at radius 2 is 1.90 bits per heavy atom. The number of ether oxygens (including phenoxy) is 1. The summed E-state index contributed by atoms with van der Waals surface area (Å²) in [5.41, 5.74) is 3.56. The highest BCUT2D eigenvalue weighted by Gasteiger charge is 2.14. The molecular formula is C18H24N2O. The molecule has 0 radical (unpaired) electrons. The maximum Gasteiger partial charge on any atom is 0.130 e. The van der Waals surface area contributed by atoms with Crippen molar-refractivity contribution >= 4 is 5.82 Å². The molecule has 1 aromatic carbocycles. The van der Waals surface area contributed by atoms with Crippen molar-refractivity contribution in [3.63, 3.8) is 0 Å². The number of nitrogens with zero attached hydrogens (tertiary/aromatic N) is 1. The first-order valence-electron chi connectivity index (χ1n) is 7.28. The van der Waals surface area contributed by atoms with Gasteiger partial charge in [0.2, 0.25) is 0 Å². The highest BCUT2D eigenvalue weighted by Crippen LogP contribution is 2.27. The summed E-state index contributed by atoms with van der Waals surface area (Å²) in [6.45, 7) is 9.22. The fraction of sp³-hybridized carbons (Fsp3) is 0.389. The lowest BCUT2D eigenvalue weighted by molar-refractivity contribution is 0.299. The molecule has 2 aromatic rings. The Kier molecular flexibility index (Phi) is 4.51. The van der Waals surface area contributed by atoms with Crippen LogP contribution in [-0.2, 0) is 12.0 Å². The van der Waals surface area contributed by atoms with Crippen LogP contribution in [0.2, 0.25) is 0 Å². The van der Waals surface area contributed by atoms with Crippen molar-refractivity contribution in [1.29, 1.82) is 0 Å². The van der Waals surface area contributed by atoms with Crippen LogP contribution in [0.4, 0.5) is 5.82 Å². The lowest BCUT2D eigenvalue weighted by Crippen LogP contribution is -2.11. The van der Waals surface area contributed by atoms with Gasteiger partial charge in [-0.25, -0.2) is 4.98 Å². The molecule has 1 heterocycles. The Labute approximate surface area is 127 Å². The van der Waals surface area contributed by atoms with Crippen LogP contribution < -0.4 is 10.1 Å². The number of nitrogens with one attached hydrogen (secondary N) is 1. The largest absolute Gasteiger partial charge is 0.487 e. The van der Waals surface area contributed by atoms with Gasteiger partial charge in [-0.15, -0.1) is 0 Å². The van der Waals surface area contributed by atoms with E-state index in [4.69, 9.17) is 4.74 Å². The van der Waals surface area contributed by atoms with Crippen molar-refractivity contribution in [3.05, 3.63) is 53.2 Å². The Balaban J connectivity index is 2.10. The predicted molar refractivity (Wildman–Crippen MR) is 88.0 cm³/mol. The molecule has 0 aliphatic rings. The van der Waals surface area contributed by atoms with Crippen LogP contribution in [-0.4, -0.2) is 12.0 Å². The molecule has 112 valence electrons. The van der Waals surface area contributed by atoms with Gasteiger partial charge in [0.1, 0.15) is 18.2 Å². The van der Waals surface area contributed by atoms with Crippen LogP contribution in [0.5, 0.6) is 5.75 Å². The summed E-state index contributed by atoms with van der Waals surface area (Å²) in [6.07, 6.45) is 0. The quantitative estimate of drug-likeness (QED) is 0.908. The van der Waals surface area contributed by atoms with E-state index in [2.05, 4.69) is 56.2 Å². The zero-order valence-corrected chi connectivity index (χ0v) is 13.5. The summed E-state index contributed by atoms with van der Waals surface area (Å²) in [5, 5.41) is 3.03. The minimum atomic E-state index is 0.159. The number of benzene rings is 1. The van der Waals surface area contributed by atoms with Gasteiger partial charge in [-0.05, 0) is 41.7 Å². The molecule has 0 saturated heterocycles. The van der Waals surface area contributed by atoms with Crippen molar-refractivity contribution in [3.8, 4) is 5.75 Å². The molecular weight excluding hydrogens is 260 g/mol. The third-order valence-corrected chi connectivity index (χ3v) is 3.48. The first kappa shape index (κ1) is 15.4. The fourth-order valence-electron chi connectivity index (χ4n) is 2.13. The average molecular weight is 284 g/mol. The molecule has 0 aliphatic heterocycles. The zero-order chi connectivity index (χ0) is 15.5. The highest BCUT2D eigenvalue weighted by atomic mass is 16.5. The van der Waals surface area contributed by atoms with Gasteiger partial charge in [0, 0.05) is 7.05 Å². The second-order valence-corrected chi connectivity index (χ2v) is 6.28. The number of rotatable bonds is 4. The molecule has 0 aliphatic carbocycles. The minimum Gasteiger partial charge on any atom is -0.487 e.